The fourth-order valence-electron chi connectivity index (χ4n) is 2.84. The van der Waals surface area contributed by atoms with Crippen LogP contribution in [0.3, 0.4) is 0 Å². The van der Waals surface area contributed by atoms with Crippen LogP contribution in [0.25, 0.3) is 0 Å². The van der Waals surface area contributed by atoms with Crippen LogP contribution < -0.4 is 5.32 Å². The van der Waals surface area contributed by atoms with Crippen molar-refractivity contribution in [1.29, 1.82) is 0 Å². The molecule has 2 aliphatic heterocycles. The smallest absolute Gasteiger partial charge is 0.0509 e. The first-order chi connectivity index (χ1) is 7.77. The quantitative estimate of drug-likeness (QED) is 0.786. The van der Waals surface area contributed by atoms with E-state index in [1.165, 1.54) is 32.2 Å². The van der Waals surface area contributed by atoms with Gasteiger partial charge < -0.3 is 15.0 Å². The van der Waals surface area contributed by atoms with Crippen molar-refractivity contribution in [1.82, 2.24) is 10.2 Å². The highest BCUT2D eigenvalue weighted by atomic mass is 16.5. The molecule has 0 aliphatic carbocycles. The van der Waals surface area contributed by atoms with E-state index in [1.807, 2.05) is 0 Å². The third-order valence-electron chi connectivity index (χ3n) is 4.27. The molecule has 0 saturated carbocycles. The lowest BCUT2D eigenvalue weighted by molar-refractivity contribution is 0.162. The zero-order valence-electron chi connectivity index (χ0n) is 10.7. The predicted octanol–water partition coefficient (Wildman–Crippen LogP) is 1.49. The summed E-state index contributed by atoms with van der Waals surface area (Å²) in [5, 5.41) is 3.70. The molecule has 3 unspecified atom stereocenters. The Morgan fingerprint density at radius 3 is 2.94 bits per heavy atom. The molecule has 94 valence electrons. The molecule has 2 rings (SSSR count). The van der Waals surface area contributed by atoms with Crippen molar-refractivity contribution in [2.24, 2.45) is 5.92 Å². The Hall–Kier alpha value is -0.120. The van der Waals surface area contributed by atoms with Gasteiger partial charge in [-0.25, -0.2) is 0 Å². The van der Waals surface area contributed by atoms with E-state index in [0.29, 0.717) is 6.04 Å². The molecule has 0 radical (unpaired) electrons. The van der Waals surface area contributed by atoms with Gasteiger partial charge in [-0.2, -0.15) is 0 Å². The Bertz CT molecular complexity index is 204. The molecule has 3 nitrogen and oxygen atoms in total. The van der Waals surface area contributed by atoms with Crippen LogP contribution >= 0.6 is 0 Å². The molecule has 0 amide bonds. The van der Waals surface area contributed by atoms with Gasteiger partial charge in [-0.3, -0.25) is 0 Å². The minimum atomic E-state index is 0.609. The zero-order chi connectivity index (χ0) is 11.4. The molecule has 0 bridgehead atoms. The third-order valence-corrected chi connectivity index (χ3v) is 4.27. The Morgan fingerprint density at radius 1 is 1.38 bits per heavy atom. The topological polar surface area (TPSA) is 24.5 Å². The van der Waals surface area contributed by atoms with Gasteiger partial charge in [0.2, 0.25) is 0 Å². The number of rotatable bonds is 4. The third kappa shape index (κ3) is 3.19. The summed E-state index contributed by atoms with van der Waals surface area (Å²) in [6.45, 7) is 6.64. The Kier molecular flexibility index (Phi) is 4.62. The van der Waals surface area contributed by atoms with Crippen molar-refractivity contribution in [3.63, 3.8) is 0 Å². The standard InChI is InChI=1S/C13H26N2O/c1-11(12-6-8-16-10-12)14-9-13-5-3-4-7-15(13)2/h11-14H,3-10H2,1-2H3. The first-order valence-corrected chi connectivity index (χ1v) is 6.78. The van der Waals surface area contributed by atoms with Gasteiger partial charge in [0.1, 0.15) is 0 Å². The van der Waals surface area contributed by atoms with E-state index in [4.69, 9.17) is 4.74 Å². The van der Waals surface area contributed by atoms with Gasteiger partial charge in [0.25, 0.3) is 0 Å². The summed E-state index contributed by atoms with van der Waals surface area (Å²) < 4.78 is 5.44. The Balaban J connectivity index is 1.69. The number of hydrogen-bond acceptors (Lipinski definition) is 3. The maximum atomic E-state index is 5.44. The SMILES string of the molecule is CC(NCC1CCCCN1C)C1CCOC1. The van der Waals surface area contributed by atoms with Crippen molar-refractivity contribution in [2.75, 3.05) is 33.4 Å². The van der Waals surface area contributed by atoms with Crippen LogP contribution in [-0.4, -0.2) is 50.3 Å². The highest BCUT2D eigenvalue weighted by Crippen LogP contribution is 2.18. The van der Waals surface area contributed by atoms with Crippen LogP contribution in [0.4, 0.5) is 0 Å². The predicted molar refractivity (Wildman–Crippen MR) is 66.7 cm³/mol. The summed E-state index contributed by atoms with van der Waals surface area (Å²) >= 11 is 0. The van der Waals surface area contributed by atoms with Crippen LogP contribution in [0, 0.1) is 5.92 Å². The number of piperidine rings is 1. The van der Waals surface area contributed by atoms with E-state index in [-0.39, 0.29) is 0 Å². The first kappa shape index (κ1) is 12.3. The lowest BCUT2D eigenvalue weighted by Gasteiger charge is -2.34. The number of nitrogens with zero attached hydrogens (tertiary/aromatic N) is 1. The molecule has 2 heterocycles. The molecule has 3 heteroatoms. The van der Waals surface area contributed by atoms with E-state index in [2.05, 4.69) is 24.2 Å². The van der Waals surface area contributed by atoms with Gasteiger partial charge >= 0.3 is 0 Å². The normalized spacial score (nSPS) is 34.1. The largest absolute Gasteiger partial charge is 0.381 e. The fourth-order valence-corrected chi connectivity index (χ4v) is 2.84. The summed E-state index contributed by atoms with van der Waals surface area (Å²) in [5.41, 5.74) is 0. The molecule has 2 fully saturated rings. The number of hydrogen-bond donors (Lipinski definition) is 1. The second-order valence-corrected chi connectivity index (χ2v) is 5.45. The second kappa shape index (κ2) is 5.99. The molecule has 16 heavy (non-hydrogen) atoms. The number of likely N-dealkylation sites (N-methyl/N-ethyl adjacent to an activating group) is 1. The van der Waals surface area contributed by atoms with Crippen LogP contribution in [0.15, 0.2) is 0 Å². The molecular weight excluding hydrogens is 200 g/mol. The molecule has 0 aromatic heterocycles. The average Bonchev–Trinajstić information content (AvgIpc) is 2.81. The molecule has 2 aliphatic rings. The number of ether oxygens (including phenoxy) is 1. The summed E-state index contributed by atoms with van der Waals surface area (Å²) in [6, 6.07) is 1.36. The summed E-state index contributed by atoms with van der Waals surface area (Å²) in [7, 11) is 2.26. The van der Waals surface area contributed by atoms with Crippen molar-refractivity contribution in [3.05, 3.63) is 0 Å². The van der Waals surface area contributed by atoms with Crippen molar-refractivity contribution in [3.8, 4) is 0 Å². The van der Waals surface area contributed by atoms with Crippen molar-refractivity contribution < 1.29 is 4.74 Å². The zero-order valence-corrected chi connectivity index (χ0v) is 10.7. The number of likely N-dealkylation sites (tertiary alicyclic amines) is 1. The molecule has 1 N–H and O–H groups in total. The lowest BCUT2D eigenvalue weighted by atomic mass is 9.99. The summed E-state index contributed by atoms with van der Waals surface area (Å²) in [6.07, 6.45) is 5.36. The van der Waals surface area contributed by atoms with Crippen LogP contribution in [0.1, 0.15) is 32.6 Å². The highest BCUT2D eigenvalue weighted by Gasteiger charge is 2.24. The van der Waals surface area contributed by atoms with Gasteiger partial charge in [0, 0.05) is 25.2 Å². The molecule has 0 aromatic carbocycles. The fraction of sp³-hybridized carbons (Fsp3) is 1.00. The van der Waals surface area contributed by atoms with Crippen LogP contribution in [0.2, 0.25) is 0 Å². The van der Waals surface area contributed by atoms with E-state index >= 15 is 0 Å². The molecule has 0 spiro atoms. The highest BCUT2D eigenvalue weighted by molar-refractivity contribution is 4.81. The Labute approximate surface area is 99.5 Å². The second-order valence-electron chi connectivity index (χ2n) is 5.45. The van der Waals surface area contributed by atoms with Gasteiger partial charge in [0.05, 0.1) is 6.61 Å². The monoisotopic (exact) mass is 226 g/mol. The lowest BCUT2D eigenvalue weighted by Crippen LogP contribution is -2.46. The maximum Gasteiger partial charge on any atom is 0.0509 e. The molecule has 3 atom stereocenters. The van der Waals surface area contributed by atoms with E-state index < -0.39 is 0 Å². The van der Waals surface area contributed by atoms with E-state index in [9.17, 15) is 0 Å². The molecule has 0 aromatic rings. The first-order valence-electron chi connectivity index (χ1n) is 6.78. The Morgan fingerprint density at radius 2 is 2.25 bits per heavy atom. The van der Waals surface area contributed by atoms with E-state index in [0.717, 1.165) is 31.7 Å². The minimum Gasteiger partial charge on any atom is -0.381 e. The average molecular weight is 226 g/mol. The maximum absolute atomic E-state index is 5.44. The van der Waals surface area contributed by atoms with Crippen LogP contribution in [-0.2, 0) is 4.74 Å². The van der Waals surface area contributed by atoms with Gasteiger partial charge in [-0.15, -0.1) is 0 Å². The van der Waals surface area contributed by atoms with Gasteiger partial charge in [-0.1, -0.05) is 6.42 Å². The molecular formula is C13H26N2O. The van der Waals surface area contributed by atoms with Crippen molar-refractivity contribution in [2.45, 2.75) is 44.7 Å². The van der Waals surface area contributed by atoms with E-state index in [1.54, 1.807) is 0 Å². The van der Waals surface area contributed by atoms with Gasteiger partial charge in [0.15, 0.2) is 0 Å². The summed E-state index contributed by atoms with van der Waals surface area (Å²) in [5.74, 6) is 0.730. The minimum absolute atomic E-state index is 0.609. The number of nitrogens with one attached hydrogen (secondary N) is 1. The summed E-state index contributed by atoms with van der Waals surface area (Å²) in [4.78, 5) is 2.51. The molecule has 2 saturated heterocycles. The van der Waals surface area contributed by atoms with Gasteiger partial charge in [-0.05, 0) is 45.7 Å². The van der Waals surface area contributed by atoms with Crippen molar-refractivity contribution >= 4 is 0 Å². The van der Waals surface area contributed by atoms with Crippen LogP contribution in [0.5, 0.6) is 0 Å².